The number of thioether (sulfide) groups is 1. The van der Waals surface area contributed by atoms with Gasteiger partial charge in [-0.25, -0.2) is 4.79 Å². The average molecular weight is 559 g/mol. The number of carbonyl (C=O) groups excluding carboxylic acids is 3. The molecule has 2 amide bonds. The minimum absolute atomic E-state index is 0.159. The Labute approximate surface area is 213 Å². The Morgan fingerprint density at radius 3 is 2.53 bits per heavy atom. The molecule has 0 N–H and O–H groups in total. The summed E-state index contributed by atoms with van der Waals surface area (Å²) in [5, 5.41) is -0.0905. The second kappa shape index (κ2) is 10.5. The highest BCUT2D eigenvalue weighted by Crippen LogP contribution is 2.36. The molecule has 0 bridgehead atoms. The third-order valence-electron chi connectivity index (χ3n) is 4.94. The van der Waals surface area contributed by atoms with Crippen molar-refractivity contribution in [3.8, 4) is 11.5 Å². The summed E-state index contributed by atoms with van der Waals surface area (Å²) in [6.07, 6.45) is 1.58. The molecule has 1 saturated heterocycles. The number of methoxy groups -OCH3 is 1. The Morgan fingerprint density at radius 1 is 1.06 bits per heavy atom. The van der Waals surface area contributed by atoms with Crippen LogP contribution in [0.5, 0.6) is 11.5 Å². The number of benzene rings is 3. The van der Waals surface area contributed by atoms with Crippen LogP contribution in [0.25, 0.3) is 6.08 Å². The summed E-state index contributed by atoms with van der Waals surface area (Å²) in [6, 6.07) is 18.8. The lowest BCUT2D eigenvalue weighted by molar-refractivity contribution is -0.123. The fraction of sp³-hybridized carbons (Fsp3) is 0.0800. The predicted molar refractivity (Wildman–Crippen MR) is 135 cm³/mol. The van der Waals surface area contributed by atoms with Crippen molar-refractivity contribution >= 4 is 62.5 Å². The molecule has 0 aromatic heterocycles. The molecule has 1 aliphatic rings. The second-order valence-corrected chi connectivity index (χ2v) is 9.39. The Bertz CT molecular complexity index is 1330. The first-order chi connectivity index (χ1) is 16.4. The standard InChI is InChI=1S/C25H17BrClNO5S/c1-32-20-11-10-15(12-21(20)33-24(30)17-7-3-5-9-19(17)27)13-22-23(29)28(25(31)34-22)14-16-6-2-4-8-18(16)26/h2-13H,14H2,1H3/b22-13-. The van der Waals surface area contributed by atoms with Gasteiger partial charge in [0, 0.05) is 4.47 Å². The lowest BCUT2D eigenvalue weighted by Crippen LogP contribution is -2.27. The van der Waals surface area contributed by atoms with E-state index in [1.54, 1.807) is 48.5 Å². The Hall–Kier alpha value is -3.07. The maximum Gasteiger partial charge on any atom is 0.345 e. The van der Waals surface area contributed by atoms with E-state index in [0.717, 1.165) is 21.8 Å². The lowest BCUT2D eigenvalue weighted by Gasteiger charge is -2.13. The van der Waals surface area contributed by atoms with E-state index in [9.17, 15) is 14.4 Å². The SMILES string of the molecule is COc1ccc(/C=C2\SC(=O)N(Cc3ccccc3Br)C2=O)cc1OC(=O)c1ccccc1Cl. The molecule has 4 rings (SSSR count). The summed E-state index contributed by atoms with van der Waals surface area (Å²) in [5.74, 6) is -0.542. The van der Waals surface area contributed by atoms with Gasteiger partial charge in [0.2, 0.25) is 0 Å². The van der Waals surface area contributed by atoms with Gasteiger partial charge in [0.1, 0.15) is 0 Å². The van der Waals surface area contributed by atoms with Crippen LogP contribution >= 0.6 is 39.3 Å². The van der Waals surface area contributed by atoms with Gasteiger partial charge in [-0.15, -0.1) is 0 Å². The zero-order valence-corrected chi connectivity index (χ0v) is 20.9. The first-order valence-electron chi connectivity index (χ1n) is 10.0. The number of ether oxygens (including phenoxy) is 2. The van der Waals surface area contributed by atoms with Gasteiger partial charge < -0.3 is 9.47 Å². The maximum atomic E-state index is 12.9. The van der Waals surface area contributed by atoms with Crippen molar-refractivity contribution in [1.82, 2.24) is 4.90 Å². The third-order valence-corrected chi connectivity index (χ3v) is 6.95. The van der Waals surface area contributed by atoms with Crippen LogP contribution in [0.2, 0.25) is 5.02 Å². The van der Waals surface area contributed by atoms with E-state index < -0.39 is 11.9 Å². The van der Waals surface area contributed by atoms with E-state index in [1.165, 1.54) is 12.0 Å². The number of imide groups is 1. The van der Waals surface area contributed by atoms with Crippen LogP contribution in [0, 0.1) is 0 Å². The monoisotopic (exact) mass is 557 g/mol. The van der Waals surface area contributed by atoms with Crippen LogP contribution in [0.4, 0.5) is 4.79 Å². The molecule has 0 saturated carbocycles. The molecule has 3 aromatic carbocycles. The number of nitrogens with zero attached hydrogens (tertiary/aromatic N) is 1. The lowest BCUT2D eigenvalue weighted by atomic mass is 10.1. The molecule has 9 heteroatoms. The van der Waals surface area contributed by atoms with E-state index in [0.29, 0.717) is 11.3 Å². The predicted octanol–water partition coefficient (Wildman–Crippen LogP) is 6.57. The Kier molecular flexibility index (Phi) is 7.41. The number of rotatable bonds is 6. The van der Waals surface area contributed by atoms with E-state index in [1.807, 2.05) is 24.3 Å². The van der Waals surface area contributed by atoms with Gasteiger partial charge in [0.25, 0.3) is 11.1 Å². The largest absolute Gasteiger partial charge is 0.493 e. The fourth-order valence-electron chi connectivity index (χ4n) is 3.23. The number of halogens is 2. The van der Waals surface area contributed by atoms with E-state index in [-0.39, 0.29) is 33.0 Å². The average Bonchev–Trinajstić information content (AvgIpc) is 3.08. The highest BCUT2D eigenvalue weighted by Gasteiger charge is 2.35. The minimum atomic E-state index is -0.644. The molecule has 1 aliphatic heterocycles. The Morgan fingerprint density at radius 2 is 1.79 bits per heavy atom. The van der Waals surface area contributed by atoms with Gasteiger partial charge in [-0.3, -0.25) is 14.5 Å². The van der Waals surface area contributed by atoms with E-state index >= 15 is 0 Å². The first kappa shape index (κ1) is 24.1. The molecular formula is C25H17BrClNO5S. The minimum Gasteiger partial charge on any atom is -0.493 e. The number of esters is 1. The van der Waals surface area contributed by atoms with Gasteiger partial charge in [0.15, 0.2) is 11.5 Å². The number of hydrogen-bond acceptors (Lipinski definition) is 6. The van der Waals surface area contributed by atoms with Gasteiger partial charge in [0.05, 0.1) is 29.1 Å². The quantitative estimate of drug-likeness (QED) is 0.194. The molecule has 172 valence electrons. The smallest absolute Gasteiger partial charge is 0.345 e. The molecule has 0 radical (unpaired) electrons. The number of amides is 2. The van der Waals surface area contributed by atoms with Crippen molar-refractivity contribution in [2.24, 2.45) is 0 Å². The molecule has 3 aromatic rings. The summed E-state index contributed by atoms with van der Waals surface area (Å²) < 4.78 is 11.6. The second-order valence-electron chi connectivity index (χ2n) is 7.14. The highest BCUT2D eigenvalue weighted by atomic mass is 79.9. The molecule has 1 heterocycles. The molecule has 34 heavy (non-hydrogen) atoms. The van der Waals surface area contributed by atoms with E-state index in [4.69, 9.17) is 21.1 Å². The van der Waals surface area contributed by atoms with Crippen molar-refractivity contribution in [2.75, 3.05) is 7.11 Å². The maximum absolute atomic E-state index is 12.9. The summed E-state index contributed by atoms with van der Waals surface area (Å²) in [6.45, 7) is 0.159. The van der Waals surface area contributed by atoms with Gasteiger partial charge in [-0.05, 0) is 59.3 Å². The molecule has 6 nitrogen and oxygen atoms in total. The van der Waals surface area contributed by atoms with Crippen LogP contribution in [0.3, 0.4) is 0 Å². The van der Waals surface area contributed by atoms with Crippen molar-refractivity contribution in [2.45, 2.75) is 6.54 Å². The van der Waals surface area contributed by atoms with Crippen LogP contribution in [-0.2, 0) is 11.3 Å². The summed E-state index contributed by atoms with van der Waals surface area (Å²) in [4.78, 5) is 39.5. The van der Waals surface area contributed by atoms with Crippen LogP contribution in [0.1, 0.15) is 21.5 Å². The van der Waals surface area contributed by atoms with Crippen molar-refractivity contribution in [1.29, 1.82) is 0 Å². The van der Waals surface area contributed by atoms with E-state index in [2.05, 4.69) is 15.9 Å². The van der Waals surface area contributed by atoms with Gasteiger partial charge >= 0.3 is 5.97 Å². The zero-order chi connectivity index (χ0) is 24.2. The van der Waals surface area contributed by atoms with Gasteiger partial charge in [-0.2, -0.15) is 0 Å². The summed E-state index contributed by atoms with van der Waals surface area (Å²) in [7, 11) is 1.45. The topological polar surface area (TPSA) is 72.9 Å². The summed E-state index contributed by atoms with van der Waals surface area (Å²) >= 11 is 10.4. The zero-order valence-electron chi connectivity index (χ0n) is 17.8. The Balaban J connectivity index is 1.57. The third kappa shape index (κ3) is 5.19. The van der Waals surface area contributed by atoms with Crippen molar-refractivity contribution in [3.63, 3.8) is 0 Å². The first-order valence-corrected chi connectivity index (χ1v) is 12.0. The molecular weight excluding hydrogens is 542 g/mol. The van der Waals surface area contributed by atoms with Crippen molar-refractivity contribution < 1.29 is 23.9 Å². The molecule has 0 atom stereocenters. The molecule has 0 unspecified atom stereocenters. The van der Waals surface area contributed by atoms with Gasteiger partial charge in [-0.1, -0.05) is 63.9 Å². The number of hydrogen-bond donors (Lipinski definition) is 0. The van der Waals surface area contributed by atoms with Crippen LogP contribution in [0.15, 0.2) is 76.1 Å². The normalized spacial score (nSPS) is 14.6. The van der Waals surface area contributed by atoms with Crippen molar-refractivity contribution in [3.05, 3.63) is 97.8 Å². The van der Waals surface area contributed by atoms with Crippen LogP contribution < -0.4 is 9.47 Å². The number of carbonyl (C=O) groups is 3. The summed E-state index contributed by atoms with van der Waals surface area (Å²) in [5.41, 5.74) is 1.60. The highest BCUT2D eigenvalue weighted by molar-refractivity contribution is 9.10. The fourth-order valence-corrected chi connectivity index (χ4v) is 4.69. The molecule has 1 fully saturated rings. The molecule has 0 spiro atoms. The van der Waals surface area contributed by atoms with Crippen LogP contribution in [-0.4, -0.2) is 29.1 Å². The molecule has 0 aliphatic carbocycles.